The van der Waals surface area contributed by atoms with Crippen LogP contribution in [-0.4, -0.2) is 30.7 Å². The van der Waals surface area contributed by atoms with Crippen molar-refractivity contribution < 1.29 is 9.53 Å². The van der Waals surface area contributed by atoms with E-state index in [4.69, 9.17) is 10.5 Å². The molecule has 5 heteroatoms. The van der Waals surface area contributed by atoms with E-state index in [1.54, 1.807) is 0 Å². The van der Waals surface area contributed by atoms with Crippen LogP contribution in [0.3, 0.4) is 0 Å². The number of carbonyl (C=O) groups is 1. The molecular weight excluding hydrogens is 276 g/mol. The lowest BCUT2D eigenvalue weighted by Gasteiger charge is -2.29. The van der Waals surface area contributed by atoms with Crippen LogP contribution < -0.4 is 11.1 Å². The minimum Gasteiger partial charge on any atom is -0.364 e. The molecule has 0 spiro atoms. The summed E-state index contributed by atoms with van der Waals surface area (Å²) in [5.41, 5.74) is 5.57. The van der Waals surface area contributed by atoms with Crippen molar-refractivity contribution in [1.82, 2.24) is 5.32 Å². The number of nitrogens with one attached hydrogen (secondary N) is 1. The minimum absolute atomic E-state index is 0. The van der Waals surface area contributed by atoms with Gasteiger partial charge in [0.25, 0.3) is 0 Å². The molecule has 1 saturated heterocycles. The molecular formula is C15H29ClN2O2. The molecule has 0 aromatic carbocycles. The number of carbonyl (C=O) groups excluding carboxylic acids is 1. The smallest absolute Gasteiger partial charge is 0.249 e. The predicted octanol–water partition coefficient (Wildman–Crippen LogP) is 2.39. The molecule has 0 aromatic heterocycles. The van der Waals surface area contributed by atoms with Gasteiger partial charge in [0.1, 0.15) is 6.10 Å². The number of hydrogen-bond acceptors (Lipinski definition) is 3. The maximum atomic E-state index is 12.1. The van der Waals surface area contributed by atoms with Gasteiger partial charge in [0.2, 0.25) is 5.91 Å². The summed E-state index contributed by atoms with van der Waals surface area (Å²) in [7, 11) is 0. The zero-order chi connectivity index (χ0) is 13.7. The van der Waals surface area contributed by atoms with Crippen molar-refractivity contribution in [2.24, 2.45) is 11.7 Å². The van der Waals surface area contributed by atoms with Crippen LogP contribution >= 0.6 is 12.4 Å². The van der Waals surface area contributed by atoms with E-state index in [0.29, 0.717) is 12.6 Å². The van der Waals surface area contributed by atoms with Crippen LogP contribution in [0.25, 0.3) is 0 Å². The van der Waals surface area contributed by atoms with Gasteiger partial charge in [-0.1, -0.05) is 19.8 Å². The first-order chi connectivity index (χ1) is 9.22. The summed E-state index contributed by atoms with van der Waals surface area (Å²) in [6.07, 6.45) is 8.94. The first kappa shape index (κ1) is 17.7. The summed E-state index contributed by atoms with van der Waals surface area (Å²) >= 11 is 0. The van der Waals surface area contributed by atoms with Crippen molar-refractivity contribution >= 4 is 18.3 Å². The Morgan fingerprint density at radius 1 is 1.20 bits per heavy atom. The summed E-state index contributed by atoms with van der Waals surface area (Å²) < 4.78 is 5.64. The topological polar surface area (TPSA) is 64.4 Å². The Balaban J connectivity index is 0.00000200. The van der Waals surface area contributed by atoms with Crippen LogP contribution in [0.5, 0.6) is 0 Å². The third-order valence-electron chi connectivity index (χ3n) is 4.55. The van der Waals surface area contributed by atoms with Crippen LogP contribution in [0.2, 0.25) is 0 Å². The van der Waals surface area contributed by atoms with E-state index in [9.17, 15) is 4.79 Å². The van der Waals surface area contributed by atoms with Gasteiger partial charge in [0, 0.05) is 12.6 Å². The molecule has 2 atom stereocenters. The quantitative estimate of drug-likeness (QED) is 0.819. The van der Waals surface area contributed by atoms with Gasteiger partial charge in [-0.05, 0) is 44.4 Å². The maximum absolute atomic E-state index is 12.1. The van der Waals surface area contributed by atoms with Crippen molar-refractivity contribution in [2.75, 3.05) is 6.54 Å². The highest BCUT2D eigenvalue weighted by Gasteiger charge is 2.31. The Kier molecular flexibility index (Phi) is 7.85. The maximum Gasteiger partial charge on any atom is 0.249 e. The number of rotatable bonds is 5. The van der Waals surface area contributed by atoms with Crippen molar-refractivity contribution in [3.63, 3.8) is 0 Å². The van der Waals surface area contributed by atoms with Gasteiger partial charge in [-0.25, -0.2) is 0 Å². The highest BCUT2D eigenvalue weighted by atomic mass is 35.5. The molecule has 2 rings (SSSR count). The van der Waals surface area contributed by atoms with Crippen LogP contribution in [0.4, 0.5) is 0 Å². The fourth-order valence-electron chi connectivity index (χ4n) is 3.37. The van der Waals surface area contributed by atoms with Crippen molar-refractivity contribution in [3.05, 3.63) is 0 Å². The molecule has 0 radical (unpaired) electrons. The number of ether oxygens (including phenoxy) is 1. The van der Waals surface area contributed by atoms with Gasteiger partial charge in [0.05, 0.1) is 6.10 Å². The molecule has 0 aromatic rings. The largest absolute Gasteiger partial charge is 0.364 e. The SMILES string of the molecule is CCCC1CCC(NC(=O)[C@@H]2CC[C@H](CN)O2)CC1.Cl. The summed E-state index contributed by atoms with van der Waals surface area (Å²) in [5.74, 6) is 0.956. The highest BCUT2D eigenvalue weighted by Crippen LogP contribution is 2.28. The van der Waals surface area contributed by atoms with E-state index >= 15 is 0 Å². The standard InChI is InChI=1S/C15H28N2O2.ClH/c1-2-3-11-4-6-12(7-5-11)17-15(18)14-9-8-13(10-16)19-14;/h11-14H,2-10,16H2,1H3,(H,17,18);1H/t11?,12?,13-,14+;/m1./s1. The monoisotopic (exact) mass is 304 g/mol. The molecule has 2 aliphatic rings. The first-order valence-electron chi connectivity index (χ1n) is 7.88. The Morgan fingerprint density at radius 3 is 2.45 bits per heavy atom. The molecule has 1 aliphatic carbocycles. The second-order valence-corrected chi connectivity index (χ2v) is 6.07. The van der Waals surface area contributed by atoms with Gasteiger partial charge in [0.15, 0.2) is 0 Å². The van der Waals surface area contributed by atoms with Gasteiger partial charge in [-0.3, -0.25) is 4.79 Å². The van der Waals surface area contributed by atoms with Crippen LogP contribution in [0, 0.1) is 5.92 Å². The third kappa shape index (κ3) is 4.90. The number of amides is 1. The number of hydrogen-bond donors (Lipinski definition) is 2. The average Bonchev–Trinajstić information content (AvgIpc) is 2.90. The molecule has 1 amide bonds. The van der Waals surface area contributed by atoms with Gasteiger partial charge in [-0.15, -0.1) is 12.4 Å². The van der Waals surface area contributed by atoms with Crippen molar-refractivity contribution in [1.29, 1.82) is 0 Å². The summed E-state index contributed by atoms with van der Waals surface area (Å²) in [4.78, 5) is 12.1. The molecule has 118 valence electrons. The second-order valence-electron chi connectivity index (χ2n) is 6.07. The third-order valence-corrected chi connectivity index (χ3v) is 4.55. The lowest BCUT2D eigenvalue weighted by molar-refractivity contribution is -0.132. The molecule has 0 unspecified atom stereocenters. The van der Waals surface area contributed by atoms with Crippen LogP contribution in [0.1, 0.15) is 58.3 Å². The first-order valence-corrected chi connectivity index (χ1v) is 7.88. The lowest BCUT2D eigenvalue weighted by Crippen LogP contribution is -2.43. The predicted molar refractivity (Wildman–Crippen MR) is 83.0 cm³/mol. The number of halogens is 1. The minimum atomic E-state index is -0.262. The van der Waals surface area contributed by atoms with E-state index in [2.05, 4.69) is 12.2 Å². The molecule has 2 fully saturated rings. The second kappa shape index (κ2) is 8.85. The summed E-state index contributed by atoms with van der Waals surface area (Å²) in [6, 6.07) is 0.362. The Morgan fingerprint density at radius 2 is 1.90 bits per heavy atom. The molecule has 3 N–H and O–H groups in total. The van der Waals surface area contributed by atoms with Gasteiger partial charge < -0.3 is 15.8 Å². The van der Waals surface area contributed by atoms with E-state index in [0.717, 1.165) is 31.6 Å². The molecule has 1 saturated carbocycles. The molecule has 1 aliphatic heterocycles. The van der Waals surface area contributed by atoms with Gasteiger partial charge in [-0.2, -0.15) is 0 Å². The summed E-state index contributed by atoms with van der Waals surface area (Å²) in [5, 5.41) is 3.16. The van der Waals surface area contributed by atoms with Crippen LogP contribution in [-0.2, 0) is 9.53 Å². The van der Waals surface area contributed by atoms with Crippen LogP contribution in [0.15, 0.2) is 0 Å². The average molecular weight is 305 g/mol. The van der Waals surface area contributed by atoms with E-state index in [1.165, 1.54) is 25.7 Å². The Hall–Kier alpha value is -0.320. The van der Waals surface area contributed by atoms with E-state index in [-0.39, 0.29) is 30.5 Å². The summed E-state index contributed by atoms with van der Waals surface area (Å²) in [6.45, 7) is 2.77. The Labute approximate surface area is 128 Å². The Bertz CT molecular complexity index is 294. The van der Waals surface area contributed by atoms with Crippen molar-refractivity contribution in [3.8, 4) is 0 Å². The van der Waals surface area contributed by atoms with Gasteiger partial charge >= 0.3 is 0 Å². The normalized spacial score (nSPS) is 33.5. The van der Waals surface area contributed by atoms with E-state index in [1.807, 2.05) is 0 Å². The molecule has 1 heterocycles. The molecule has 20 heavy (non-hydrogen) atoms. The van der Waals surface area contributed by atoms with Crippen molar-refractivity contribution in [2.45, 2.75) is 76.5 Å². The molecule has 0 bridgehead atoms. The highest BCUT2D eigenvalue weighted by molar-refractivity contribution is 5.85. The number of nitrogens with two attached hydrogens (primary N) is 1. The fourth-order valence-corrected chi connectivity index (χ4v) is 3.37. The zero-order valence-electron chi connectivity index (χ0n) is 12.5. The van der Waals surface area contributed by atoms with E-state index < -0.39 is 0 Å². The zero-order valence-corrected chi connectivity index (χ0v) is 13.3. The lowest BCUT2D eigenvalue weighted by atomic mass is 9.83. The fraction of sp³-hybridized carbons (Fsp3) is 0.933. The molecule has 4 nitrogen and oxygen atoms in total.